The Kier molecular flexibility index (Phi) is 5.75. The Hall–Kier alpha value is -0.980. The number of nitrogens with zero attached hydrogens (tertiary/aromatic N) is 4. The predicted octanol–water partition coefficient (Wildman–Crippen LogP) is -0.386. The second-order valence-electron chi connectivity index (χ2n) is 5.16. The molecule has 0 saturated carbocycles. The number of aliphatic hydroxyl groups excluding tert-OH is 2. The van der Waals surface area contributed by atoms with Gasteiger partial charge in [0.05, 0.1) is 12.9 Å². The molecule has 1 fully saturated rings. The minimum absolute atomic E-state index is 0.0827. The number of rotatable bonds is 6. The normalized spacial score (nSPS) is 29.7. The molecule has 1 aliphatic rings. The highest BCUT2D eigenvalue weighted by molar-refractivity contribution is 7.55. The minimum Gasteiger partial charge on any atom is -0.387 e. The SMILES string of the molecule is O=[PH](O)OP(=O)(O)OC[C@H]1O[C@@H](n2cnc3c(Cl)ncnc32)[C@H](O)[C@@H]1O. The largest absolute Gasteiger partial charge is 0.479 e. The number of hydrogen-bond donors (Lipinski definition) is 4. The van der Waals surface area contributed by atoms with Crippen LogP contribution in [0, 0.1) is 0 Å². The number of aromatic nitrogens is 4. The Morgan fingerprint density at radius 3 is 2.77 bits per heavy atom. The van der Waals surface area contributed by atoms with Crippen LogP contribution in [0.1, 0.15) is 6.23 Å². The van der Waals surface area contributed by atoms with Crippen molar-refractivity contribution in [3.8, 4) is 0 Å². The van der Waals surface area contributed by atoms with Crippen molar-refractivity contribution in [1.82, 2.24) is 19.5 Å². The number of ether oxygens (including phenoxy) is 1. The minimum atomic E-state index is -4.82. The quantitative estimate of drug-likeness (QED) is 0.344. The molecule has 3 heterocycles. The molecule has 0 radical (unpaired) electrons. The van der Waals surface area contributed by atoms with Gasteiger partial charge in [-0.1, -0.05) is 11.6 Å². The Labute approximate surface area is 150 Å². The zero-order valence-corrected chi connectivity index (χ0v) is 15.3. The van der Waals surface area contributed by atoms with Gasteiger partial charge in [-0.2, -0.15) is 0 Å². The Bertz CT molecular complexity index is 881. The number of hydrogen-bond acceptors (Lipinski definition) is 10. The van der Waals surface area contributed by atoms with Gasteiger partial charge in [0.15, 0.2) is 17.0 Å². The van der Waals surface area contributed by atoms with Gasteiger partial charge in [0.2, 0.25) is 0 Å². The van der Waals surface area contributed by atoms with Gasteiger partial charge in [0.25, 0.3) is 0 Å². The van der Waals surface area contributed by atoms with Gasteiger partial charge < -0.3 is 24.7 Å². The van der Waals surface area contributed by atoms with E-state index in [-0.39, 0.29) is 16.3 Å². The van der Waals surface area contributed by atoms with E-state index in [2.05, 4.69) is 23.8 Å². The third-order valence-electron chi connectivity index (χ3n) is 3.52. The van der Waals surface area contributed by atoms with Crippen LogP contribution in [0.3, 0.4) is 0 Å². The molecule has 26 heavy (non-hydrogen) atoms. The lowest BCUT2D eigenvalue weighted by atomic mass is 10.1. The van der Waals surface area contributed by atoms with Crippen molar-refractivity contribution in [3.63, 3.8) is 0 Å². The molecule has 2 unspecified atom stereocenters. The third kappa shape index (κ3) is 3.97. The standard InChI is InChI=1S/C10H13ClN4O9P2/c11-8-5-9(13-2-12-8)15(3-14-5)10-7(17)6(16)4(23-10)1-22-26(20,21)24-25(18)19/h2-4,6-7,10,16-17,25H,1H2,(H,18,19)(H,20,21)/t4-,6-,7-,10-/m1/s1. The number of phosphoric acid groups is 1. The molecule has 144 valence electrons. The molecule has 1 saturated heterocycles. The topological polar surface area (TPSA) is 186 Å². The molecule has 13 nitrogen and oxygen atoms in total. The van der Waals surface area contributed by atoms with Gasteiger partial charge in [0, 0.05) is 0 Å². The highest BCUT2D eigenvalue weighted by Crippen LogP contribution is 2.51. The Balaban J connectivity index is 1.76. The fourth-order valence-corrected chi connectivity index (χ4v) is 3.91. The van der Waals surface area contributed by atoms with Crippen LogP contribution in [0.5, 0.6) is 0 Å². The van der Waals surface area contributed by atoms with Crippen LogP contribution < -0.4 is 0 Å². The lowest BCUT2D eigenvalue weighted by Crippen LogP contribution is -2.33. The van der Waals surface area contributed by atoms with Crippen LogP contribution in [-0.4, -0.2) is 64.4 Å². The highest BCUT2D eigenvalue weighted by atomic mass is 35.5. The van der Waals surface area contributed by atoms with E-state index >= 15 is 0 Å². The van der Waals surface area contributed by atoms with Crippen molar-refractivity contribution in [2.24, 2.45) is 0 Å². The van der Waals surface area contributed by atoms with E-state index in [9.17, 15) is 24.2 Å². The van der Waals surface area contributed by atoms with Crippen molar-refractivity contribution >= 4 is 38.8 Å². The number of halogens is 1. The molecule has 4 N–H and O–H groups in total. The van der Waals surface area contributed by atoms with Gasteiger partial charge in [-0.05, 0) is 0 Å². The summed E-state index contributed by atoms with van der Waals surface area (Å²) in [7, 11) is -8.53. The van der Waals surface area contributed by atoms with Crippen LogP contribution >= 0.6 is 27.7 Å². The molecule has 0 amide bonds. The summed E-state index contributed by atoms with van der Waals surface area (Å²) in [5.41, 5.74) is 0.485. The predicted molar refractivity (Wildman–Crippen MR) is 84.3 cm³/mol. The van der Waals surface area contributed by atoms with E-state index in [4.69, 9.17) is 21.2 Å². The van der Waals surface area contributed by atoms with Crippen molar-refractivity contribution in [2.75, 3.05) is 6.61 Å². The Morgan fingerprint density at radius 1 is 1.35 bits per heavy atom. The molecule has 6 atom stereocenters. The van der Waals surface area contributed by atoms with Crippen molar-refractivity contribution < 1.29 is 42.7 Å². The van der Waals surface area contributed by atoms with Gasteiger partial charge >= 0.3 is 16.1 Å². The van der Waals surface area contributed by atoms with Crippen LogP contribution in [-0.2, 0) is 22.7 Å². The summed E-state index contributed by atoms with van der Waals surface area (Å²) in [6, 6.07) is 0. The summed E-state index contributed by atoms with van der Waals surface area (Å²) >= 11 is 5.90. The molecule has 0 spiro atoms. The van der Waals surface area contributed by atoms with Crippen LogP contribution in [0.25, 0.3) is 11.2 Å². The molecule has 2 aromatic rings. The molecule has 1 aliphatic heterocycles. The summed E-state index contributed by atoms with van der Waals surface area (Å²) in [6.45, 7) is -0.694. The highest BCUT2D eigenvalue weighted by Gasteiger charge is 2.45. The maximum absolute atomic E-state index is 11.4. The summed E-state index contributed by atoms with van der Waals surface area (Å²) in [4.78, 5) is 29.5. The first-order valence-electron chi connectivity index (χ1n) is 6.94. The van der Waals surface area contributed by atoms with E-state index in [1.807, 2.05) is 0 Å². The molecule has 2 aromatic heterocycles. The third-order valence-corrected chi connectivity index (χ3v) is 5.82. The first-order valence-corrected chi connectivity index (χ1v) is 10.1. The van der Waals surface area contributed by atoms with E-state index in [1.54, 1.807) is 0 Å². The van der Waals surface area contributed by atoms with E-state index in [0.717, 1.165) is 0 Å². The molecular weight excluding hydrogens is 418 g/mol. The van der Waals surface area contributed by atoms with E-state index < -0.39 is 47.2 Å². The second-order valence-corrected chi connectivity index (χ2v) is 7.97. The second kappa shape index (κ2) is 7.56. The van der Waals surface area contributed by atoms with Crippen LogP contribution in [0.2, 0.25) is 5.15 Å². The molecular formula is C10H13ClN4O9P2. The molecule has 0 aliphatic carbocycles. The van der Waals surface area contributed by atoms with Crippen LogP contribution in [0.15, 0.2) is 12.7 Å². The van der Waals surface area contributed by atoms with Crippen molar-refractivity contribution in [2.45, 2.75) is 24.5 Å². The van der Waals surface area contributed by atoms with E-state index in [0.29, 0.717) is 0 Å². The number of phosphoric ester groups is 1. The smallest absolute Gasteiger partial charge is 0.387 e. The van der Waals surface area contributed by atoms with E-state index in [1.165, 1.54) is 17.2 Å². The molecule has 16 heteroatoms. The van der Waals surface area contributed by atoms with Crippen molar-refractivity contribution in [3.05, 3.63) is 17.8 Å². The van der Waals surface area contributed by atoms with Gasteiger partial charge in [0.1, 0.15) is 30.2 Å². The molecule has 0 bridgehead atoms. The Morgan fingerprint density at radius 2 is 2.08 bits per heavy atom. The number of fused-ring (bicyclic) bond motifs is 1. The summed E-state index contributed by atoms with van der Waals surface area (Å²) in [5, 5.41) is 20.4. The average Bonchev–Trinajstić information content (AvgIpc) is 3.08. The summed E-state index contributed by atoms with van der Waals surface area (Å²) in [6.07, 6.45) is -2.89. The maximum Gasteiger partial charge on any atom is 0.479 e. The lowest BCUT2D eigenvalue weighted by Gasteiger charge is -2.17. The monoisotopic (exact) mass is 430 g/mol. The summed E-state index contributed by atoms with van der Waals surface area (Å²) < 4.78 is 37.0. The number of imidazole rings is 1. The van der Waals surface area contributed by atoms with Gasteiger partial charge in [-0.3, -0.25) is 13.7 Å². The average molecular weight is 431 g/mol. The fraction of sp³-hybridized carbons (Fsp3) is 0.500. The van der Waals surface area contributed by atoms with Crippen LogP contribution in [0.4, 0.5) is 0 Å². The zero-order chi connectivity index (χ0) is 19.1. The fourth-order valence-electron chi connectivity index (χ4n) is 2.40. The summed E-state index contributed by atoms with van der Waals surface area (Å²) in [5.74, 6) is 0. The van der Waals surface area contributed by atoms with Gasteiger partial charge in [-0.15, -0.1) is 0 Å². The lowest BCUT2D eigenvalue weighted by molar-refractivity contribution is -0.0501. The first kappa shape index (κ1) is 19.8. The number of aliphatic hydroxyl groups is 2. The maximum atomic E-state index is 11.4. The van der Waals surface area contributed by atoms with Gasteiger partial charge in [-0.25, -0.2) is 23.8 Å². The molecule has 0 aromatic carbocycles. The zero-order valence-electron chi connectivity index (χ0n) is 12.6. The molecule has 3 rings (SSSR count). The van der Waals surface area contributed by atoms with Crippen molar-refractivity contribution in [1.29, 1.82) is 0 Å². The first-order chi connectivity index (χ1) is 12.2.